The summed E-state index contributed by atoms with van der Waals surface area (Å²) in [5, 5.41) is 0.587. The predicted octanol–water partition coefficient (Wildman–Crippen LogP) is 7.21. The first-order valence-electron chi connectivity index (χ1n) is 12.0. The van der Waals surface area contributed by atoms with Gasteiger partial charge in [-0.05, 0) is 66.9 Å². The number of carbonyl (C=O) groups is 1. The second-order valence-corrected chi connectivity index (χ2v) is 9.36. The van der Waals surface area contributed by atoms with Crippen molar-refractivity contribution in [3.63, 3.8) is 0 Å². The Morgan fingerprint density at radius 2 is 1.81 bits per heavy atom. The van der Waals surface area contributed by atoms with E-state index in [1.54, 1.807) is 12.1 Å². The fourth-order valence-electron chi connectivity index (χ4n) is 4.55. The number of amides is 1. The molecule has 3 aromatic carbocycles. The highest BCUT2D eigenvalue weighted by Crippen LogP contribution is 2.42. The van der Waals surface area contributed by atoms with Crippen LogP contribution in [0.5, 0.6) is 5.75 Å². The topological polar surface area (TPSA) is 59.8 Å². The number of aryl methyl sites for hydroxylation is 1. The van der Waals surface area contributed by atoms with E-state index in [2.05, 4.69) is 6.92 Å². The van der Waals surface area contributed by atoms with Gasteiger partial charge in [-0.15, -0.1) is 0 Å². The van der Waals surface area contributed by atoms with Crippen LogP contribution in [0.1, 0.15) is 59.5 Å². The number of fused-ring (bicyclic) bond motifs is 2. The van der Waals surface area contributed by atoms with Gasteiger partial charge in [-0.2, -0.15) is 0 Å². The molecule has 1 unspecified atom stereocenters. The average Bonchev–Trinajstić information content (AvgIpc) is 3.17. The zero-order chi connectivity index (χ0) is 25.4. The quantitative estimate of drug-likeness (QED) is 0.249. The second kappa shape index (κ2) is 9.78. The monoisotopic (exact) mass is 505 g/mol. The van der Waals surface area contributed by atoms with Crippen molar-refractivity contribution < 1.29 is 18.3 Å². The molecule has 5 nitrogen and oxygen atoms in total. The predicted molar refractivity (Wildman–Crippen MR) is 139 cm³/mol. The summed E-state index contributed by atoms with van der Waals surface area (Å²) in [4.78, 5) is 28.8. The third kappa shape index (κ3) is 4.26. The van der Waals surface area contributed by atoms with Gasteiger partial charge in [0, 0.05) is 10.7 Å². The van der Waals surface area contributed by atoms with Crippen molar-refractivity contribution in [1.82, 2.24) is 0 Å². The van der Waals surface area contributed by atoms with E-state index in [1.165, 1.54) is 17.0 Å². The highest BCUT2D eigenvalue weighted by Gasteiger charge is 2.43. The van der Waals surface area contributed by atoms with Gasteiger partial charge in [0.15, 0.2) is 5.43 Å². The van der Waals surface area contributed by atoms with Crippen molar-refractivity contribution >= 4 is 34.2 Å². The van der Waals surface area contributed by atoms with E-state index >= 15 is 0 Å². The maximum Gasteiger partial charge on any atom is 0.295 e. The summed E-state index contributed by atoms with van der Waals surface area (Å²) in [6.45, 7) is 4.62. The molecule has 4 aromatic rings. The normalized spacial score (nSPS) is 14.9. The van der Waals surface area contributed by atoms with Crippen molar-refractivity contribution in [1.29, 1.82) is 0 Å². The minimum atomic E-state index is -0.774. The first-order valence-corrected chi connectivity index (χ1v) is 12.4. The third-order valence-electron chi connectivity index (χ3n) is 6.48. The molecule has 1 aromatic heterocycles. The molecule has 0 aliphatic carbocycles. The molecule has 184 valence electrons. The van der Waals surface area contributed by atoms with Crippen molar-refractivity contribution in [2.75, 3.05) is 11.5 Å². The fourth-order valence-corrected chi connectivity index (χ4v) is 4.72. The summed E-state index contributed by atoms with van der Waals surface area (Å²) >= 11 is 6.39. The minimum absolute atomic E-state index is 0.0549. The van der Waals surface area contributed by atoms with Gasteiger partial charge in [0.2, 0.25) is 5.76 Å². The number of ether oxygens (including phenoxy) is 1. The van der Waals surface area contributed by atoms with Gasteiger partial charge in [-0.25, -0.2) is 4.39 Å². The number of hydrogen-bond donors (Lipinski definition) is 0. The summed E-state index contributed by atoms with van der Waals surface area (Å²) in [5.41, 5.74) is 1.98. The first kappa shape index (κ1) is 24.1. The fraction of sp³-hybridized carbons (Fsp3) is 0.241. The molecule has 1 amide bonds. The minimum Gasteiger partial charge on any atom is -0.494 e. The van der Waals surface area contributed by atoms with Gasteiger partial charge in [-0.1, -0.05) is 49.6 Å². The first-order chi connectivity index (χ1) is 17.4. The van der Waals surface area contributed by atoms with Gasteiger partial charge in [0.25, 0.3) is 5.91 Å². The number of halogens is 2. The van der Waals surface area contributed by atoms with Crippen LogP contribution in [-0.4, -0.2) is 12.5 Å². The lowest BCUT2D eigenvalue weighted by Gasteiger charge is -2.26. The lowest BCUT2D eigenvalue weighted by Crippen LogP contribution is -2.29. The number of anilines is 1. The molecule has 0 saturated carbocycles. The summed E-state index contributed by atoms with van der Waals surface area (Å²) in [7, 11) is 0. The molecule has 0 saturated heterocycles. The molecular formula is C29H25ClFNO4. The van der Waals surface area contributed by atoms with Gasteiger partial charge in [-0.3, -0.25) is 14.5 Å². The SMILES string of the molecule is CCCCCOc1ccc(C2c3c(oc4ccc(F)cc4c3=O)C(=O)N2c2ccc(C)c(Cl)c2)cc1. The number of nitrogens with zero attached hydrogens (tertiary/aromatic N) is 1. The maximum absolute atomic E-state index is 14.0. The maximum atomic E-state index is 14.0. The van der Waals surface area contributed by atoms with Gasteiger partial charge in [0.1, 0.15) is 17.1 Å². The van der Waals surface area contributed by atoms with Crippen LogP contribution >= 0.6 is 11.6 Å². The van der Waals surface area contributed by atoms with Crippen LogP contribution in [0.2, 0.25) is 5.02 Å². The van der Waals surface area contributed by atoms with Crippen molar-refractivity contribution in [3.05, 3.63) is 104 Å². The van der Waals surface area contributed by atoms with Gasteiger partial charge >= 0.3 is 0 Å². The third-order valence-corrected chi connectivity index (χ3v) is 6.89. The van der Waals surface area contributed by atoms with Crippen LogP contribution in [0.3, 0.4) is 0 Å². The Morgan fingerprint density at radius 3 is 2.53 bits per heavy atom. The highest BCUT2D eigenvalue weighted by molar-refractivity contribution is 6.31. The smallest absolute Gasteiger partial charge is 0.295 e. The summed E-state index contributed by atoms with van der Waals surface area (Å²) in [5.74, 6) is -0.363. The standard InChI is InChI=1S/C29H25ClFNO4/c1-3-4-5-14-35-21-11-7-18(8-12-21)26-25-27(33)22-15-19(31)9-13-24(22)36-28(25)29(34)32(26)20-10-6-17(2)23(30)16-20/h6-13,15-16,26H,3-5,14H2,1-2H3. The summed E-state index contributed by atoms with van der Waals surface area (Å²) < 4.78 is 25.7. The molecule has 0 bridgehead atoms. The Morgan fingerprint density at radius 1 is 1.03 bits per heavy atom. The molecule has 7 heteroatoms. The molecule has 36 heavy (non-hydrogen) atoms. The number of hydrogen-bond acceptors (Lipinski definition) is 4. The molecule has 0 N–H and O–H groups in total. The Labute approximate surface area is 213 Å². The van der Waals surface area contributed by atoms with Crippen molar-refractivity contribution in [2.45, 2.75) is 39.2 Å². The van der Waals surface area contributed by atoms with Crippen molar-refractivity contribution in [2.24, 2.45) is 0 Å². The van der Waals surface area contributed by atoms with Crippen LogP contribution in [0.25, 0.3) is 11.0 Å². The Balaban J connectivity index is 1.64. The molecule has 0 radical (unpaired) electrons. The molecule has 0 fully saturated rings. The van der Waals surface area contributed by atoms with Gasteiger partial charge < -0.3 is 9.15 Å². The van der Waals surface area contributed by atoms with E-state index in [0.717, 1.165) is 30.9 Å². The Bertz CT molecular complexity index is 1510. The Hall–Kier alpha value is -3.64. The highest BCUT2D eigenvalue weighted by atomic mass is 35.5. The number of benzene rings is 3. The van der Waals surface area contributed by atoms with E-state index in [1.807, 2.05) is 37.3 Å². The van der Waals surface area contributed by atoms with Crippen molar-refractivity contribution in [3.8, 4) is 5.75 Å². The van der Waals surface area contributed by atoms with E-state index in [0.29, 0.717) is 28.6 Å². The van der Waals surface area contributed by atoms with E-state index in [-0.39, 0.29) is 22.3 Å². The largest absolute Gasteiger partial charge is 0.494 e. The molecule has 1 aliphatic rings. The van der Waals surface area contributed by atoms with Crippen LogP contribution in [0.4, 0.5) is 10.1 Å². The molecule has 0 spiro atoms. The number of unbranched alkanes of at least 4 members (excludes halogenated alkanes) is 2. The molecular weight excluding hydrogens is 481 g/mol. The van der Waals surface area contributed by atoms with Gasteiger partial charge in [0.05, 0.1) is 23.6 Å². The average molecular weight is 506 g/mol. The zero-order valence-electron chi connectivity index (χ0n) is 20.0. The number of carbonyl (C=O) groups excluding carboxylic acids is 1. The van der Waals surface area contributed by atoms with Crippen LogP contribution < -0.4 is 15.1 Å². The van der Waals surface area contributed by atoms with Crippen LogP contribution in [-0.2, 0) is 0 Å². The molecule has 1 aliphatic heterocycles. The lowest BCUT2D eigenvalue weighted by molar-refractivity contribution is 0.0971. The number of rotatable bonds is 7. The van der Waals surface area contributed by atoms with Crippen LogP contribution in [0.15, 0.2) is 69.9 Å². The summed E-state index contributed by atoms with van der Waals surface area (Å²) in [6, 6.07) is 15.6. The van der Waals surface area contributed by atoms with E-state index in [9.17, 15) is 14.0 Å². The van der Waals surface area contributed by atoms with E-state index in [4.69, 9.17) is 20.8 Å². The van der Waals surface area contributed by atoms with E-state index < -0.39 is 23.2 Å². The molecule has 1 atom stereocenters. The Kier molecular flexibility index (Phi) is 6.54. The second-order valence-electron chi connectivity index (χ2n) is 8.95. The molecule has 2 heterocycles. The van der Waals surface area contributed by atoms with Crippen LogP contribution in [0, 0.1) is 12.7 Å². The lowest BCUT2D eigenvalue weighted by atomic mass is 9.98. The zero-order valence-corrected chi connectivity index (χ0v) is 20.8. The molecule has 5 rings (SSSR count). The summed E-state index contributed by atoms with van der Waals surface area (Å²) in [6.07, 6.45) is 3.17.